The number of nitriles is 1. The predicted molar refractivity (Wildman–Crippen MR) is 72.1 cm³/mol. The van der Waals surface area contributed by atoms with E-state index in [0.29, 0.717) is 6.07 Å². The van der Waals surface area contributed by atoms with Gasteiger partial charge >= 0.3 is 6.18 Å². The maximum absolute atomic E-state index is 13.0. The number of hydrogen-bond donors (Lipinski definition) is 2. The summed E-state index contributed by atoms with van der Waals surface area (Å²) in [5.41, 5.74) is 4.60. The van der Waals surface area contributed by atoms with Gasteiger partial charge in [-0.15, -0.1) is 0 Å². The number of nitrogens with one attached hydrogen (secondary N) is 1. The van der Waals surface area contributed by atoms with Crippen molar-refractivity contribution in [2.45, 2.75) is 12.7 Å². The topological polar surface area (TPSA) is 74.7 Å². The number of alkyl halides is 3. The second kappa shape index (κ2) is 5.89. The van der Waals surface area contributed by atoms with Crippen LogP contribution >= 0.6 is 0 Å². The first kappa shape index (κ1) is 15.6. The fourth-order valence-electron chi connectivity index (χ4n) is 1.90. The second-order valence-corrected chi connectivity index (χ2v) is 4.38. The molecule has 0 amide bonds. The Hall–Kier alpha value is -2.82. The van der Waals surface area contributed by atoms with Gasteiger partial charge in [-0.05, 0) is 23.8 Å². The van der Waals surface area contributed by atoms with Crippen LogP contribution < -0.4 is 11.1 Å². The van der Waals surface area contributed by atoms with E-state index in [2.05, 4.69) is 10.3 Å². The van der Waals surface area contributed by atoms with E-state index in [0.717, 1.165) is 12.1 Å². The van der Waals surface area contributed by atoms with Gasteiger partial charge in [-0.2, -0.15) is 18.4 Å². The van der Waals surface area contributed by atoms with E-state index in [9.17, 15) is 17.6 Å². The Balaban J connectivity index is 2.31. The van der Waals surface area contributed by atoms with Crippen LogP contribution in [-0.4, -0.2) is 4.98 Å². The molecule has 0 aliphatic heterocycles. The zero-order valence-corrected chi connectivity index (χ0v) is 11.1. The van der Waals surface area contributed by atoms with Crippen LogP contribution in [0.4, 0.5) is 29.1 Å². The van der Waals surface area contributed by atoms with Crippen molar-refractivity contribution in [1.29, 1.82) is 5.26 Å². The SMILES string of the molecule is N#Cc1c(NCc2ccc(F)cc2C(F)(F)F)ccnc1N. The molecule has 1 heterocycles. The van der Waals surface area contributed by atoms with Crippen molar-refractivity contribution in [1.82, 2.24) is 4.98 Å². The lowest BCUT2D eigenvalue weighted by molar-refractivity contribution is -0.138. The molecule has 0 saturated carbocycles. The molecule has 2 rings (SSSR count). The Morgan fingerprint density at radius 3 is 2.64 bits per heavy atom. The highest BCUT2D eigenvalue weighted by Crippen LogP contribution is 2.33. The van der Waals surface area contributed by atoms with E-state index < -0.39 is 17.6 Å². The average molecular weight is 310 g/mol. The van der Waals surface area contributed by atoms with E-state index in [4.69, 9.17) is 11.0 Å². The molecule has 0 aliphatic carbocycles. The van der Waals surface area contributed by atoms with Gasteiger partial charge in [0.15, 0.2) is 0 Å². The van der Waals surface area contributed by atoms with Gasteiger partial charge in [0.25, 0.3) is 0 Å². The first-order valence-corrected chi connectivity index (χ1v) is 6.07. The first-order chi connectivity index (χ1) is 10.3. The molecule has 3 N–H and O–H groups in total. The molecule has 1 aromatic heterocycles. The molecule has 0 unspecified atom stereocenters. The van der Waals surface area contributed by atoms with E-state index in [-0.39, 0.29) is 29.2 Å². The van der Waals surface area contributed by atoms with E-state index in [1.165, 1.54) is 12.3 Å². The Labute approximate surface area is 123 Å². The highest BCUT2D eigenvalue weighted by Gasteiger charge is 2.33. The number of nitrogens with zero attached hydrogens (tertiary/aromatic N) is 2. The average Bonchev–Trinajstić information content (AvgIpc) is 2.45. The van der Waals surface area contributed by atoms with E-state index in [1.54, 1.807) is 0 Å². The van der Waals surface area contributed by atoms with E-state index in [1.807, 2.05) is 6.07 Å². The Kier molecular flexibility index (Phi) is 4.17. The fraction of sp³-hybridized carbons (Fsp3) is 0.143. The summed E-state index contributed by atoms with van der Waals surface area (Å²) in [6, 6.07) is 5.66. The summed E-state index contributed by atoms with van der Waals surface area (Å²) < 4.78 is 51.7. The highest BCUT2D eigenvalue weighted by atomic mass is 19.4. The number of benzene rings is 1. The van der Waals surface area contributed by atoms with Crippen LogP contribution in [0, 0.1) is 17.1 Å². The summed E-state index contributed by atoms with van der Waals surface area (Å²) in [4.78, 5) is 3.72. The Bertz CT molecular complexity index is 735. The van der Waals surface area contributed by atoms with Crippen LogP contribution in [-0.2, 0) is 12.7 Å². The molecule has 8 heteroatoms. The molecule has 2 aromatic rings. The number of halogens is 4. The van der Waals surface area contributed by atoms with Gasteiger partial charge in [0.1, 0.15) is 23.3 Å². The third-order valence-electron chi connectivity index (χ3n) is 2.94. The molecular weight excluding hydrogens is 300 g/mol. The van der Waals surface area contributed by atoms with Gasteiger partial charge in [-0.1, -0.05) is 6.07 Å². The van der Waals surface area contributed by atoms with Gasteiger partial charge in [0.2, 0.25) is 0 Å². The summed E-state index contributed by atoms with van der Waals surface area (Å²) in [5.74, 6) is -0.996. The number of pyridine rings is 1. The summed E-state index contributed by atoms with van der Waals surface area (Å²) >= 11 is 0. The highest BCUT2D eigenvalue weighted by molar-refractivity contribution is 5.66. The summed E-state index contributed by atoms with van der Waals surface area (Å²) in [5, 5.41) is 11.7. The Morgan fingerprint density at radius 2 is 2.00 bits per heavy atom. The van der Waals surface area contributed by atoms with Crippen LogP contribution in [0.25, 0.3) is 0 Å². The minimum atomic E-state index is -4.67. The summed E-state index contributed by atoms with van der Waals surface area (Å²) in [6.45, 7) is -0.243. The van der Waals surface area contributed by atoms with Gasteiger partial charge in [-0.3, -0.25) is 0 Å². The molecular formula is C14H10F4N4. The molecule has 0 fully saturated rings. The van der Waals surface area contributed by atoms with Gasteiger partial charge in [0.05, 0.1) is 11.3 Å². The van der Waals surface area contributed by atoms with Crippen molar-refractivity contribution in [2.75, 3.05) is 11.1 Å². The molecule has 0 bridgehead atoms. The standard InChI is InChI=1S/C14H10F4N4/c15-9-2-1-8(11(5-9)14(16,17)18)7-22-12-3-4-21-13(20)10(12)6-19/h1-5H,7H2,(H3,20,21,22). The number of aromatic nitrogens is 1. The summed E-state index contributed by atoms with van der Waals surface area (Å²) in [7, 11) is 0. The molecule has 0 radical (unpaired) electrons. The molecule has 1 aromatic carbocycles. The minimum Gasteiger partial charge on any atom is -0.383 e. The lowest BCUT2D eigenvalue weighted by Crippen LogP contribution is -2.13. The van der Waals surface area contributed by atoms with Crippen molar-refractivity contribution in [3.05, 3.63) is 53.0 Å². The van der Waals surface area contributed by atoms with Crippen molar-refractivity contribution in [3.8, 4) is 6.07 Å². The maximum Gasteiger partial charge on any atom is 0.416 e. The molecule has 114 valence electrons. The molecule has 0 atom stereocenters. The molecule has 0 aliphatic rings. The van der Waals surface area contributed by atoms with Crippen LogP contribution in [0.3, 0.4) is 0 Å². The number of anilines is 2. The van der Waals surface area contributed by atoms with Gasteiger partial charge in [-0.25, -0.2) is 9.37 Å². The predicted octanol–water partition coefficient (Wildman–Crippen LogP) is 3.31. The van der Waals surface area contributed by atoms with Crippen molar-refractivity contribution >= 4 is 11.5 Å². The van der Waals surface area contributed by atoms with Crippen molar-refractivity contribution in [3.63, 3.8) is 0 Å². The smallest absolute Gasteiger partial charge is 0.383 e. The van der Waals surface area contributed by atoms with Crippen LogP contribution in [0.2, 0.25) is 0 Å². The zero-order chi connectivity index (χ0) is 16.3. The van der Waals surface area contributed by atoms with Gasteiger partial charge < -0.3 is 11.1 Å². The zero-order valence-electron chi connectivity index (χ0n) is 11.1. The quantitative estimate of drug-likeness (QED) is 0.853. The third-order valence-corrected chi connectivity index (χ3v) is 2.94. The van der Waals surface area contributed by atoms with E-state index >= 15 is 0 Å². The monoisotopic (exact) mass is 310 g/mol. The molecule has 0 saturated heterocycles. The van der Waals surface area contributed by atoms with Crippen molar-refractivity contribution < 1.29 is 17.6 Å². The van der Waals surface area contributed by atoms with Gasteiger partial charge in [0, 0.05) is 12.7 Å². The maximum atomic E-state index is 13.0. The lowest BCUT2D eigenvalue weighted by Gasteiger charge is -2.15. The second-order valence-electron chi connectivity index (χ2n) is 4.38. The van der Waals surface area contributed by atoms with Crippen LogP contribution in [0.1, 0.15) is 16.7 Å². The number of rotatable bonds is 3. The minimum absolute atomic E-state index is 0.0253. The number of hydrogen-bond acceptors (Lipinski definition) is 4. The van der Waals surface area contributed by atoms with Crippen LogP contribution in [0.5, 0.6) is 0 Å². The summed E-state index contributed by atoms with van der Waals surface area (Å²) in [6.07, 6.45) is -3.34. The molecule has 4 nitrogen and oxygen atoms in total. The van der Waals surface area contributed by atoms with Crippen molar-refractivity contribution in [2.24, 2.45) is 0 Å². The lowest BCUT2D eigenvalue weighted by atomic mass is 10.1. The number of nitrogens with two attached hydrogens (primary N) is 1. The number of nitrogen functional groups attached to an aromatic ring is 1. The molecule has 22 heavy (non-hydrogen) atoms. The first-order valence-electron chi connectivity index (χ1n) is 6.07. The Morgan fingerprint density at radius 1 is 1.27 bits per heavy atom. The third kappa shape index (κ3) is 3.25. The molecule has 0 spiro atoms. The van der Waals surface area contributed by atoms with Crippen LogP contribution in [0.15, 0.2) is 30.5 Å². The normalized spacial score (nSPS) is 11.0. The fourth-order valence-corrected chi connectivity index (χ4v) is 1.90. The largest absolute Gasteiger partial charge is 0.416 e.